The van der Waals surface area contributed by atoms with Crippen molar-refractivity contribution in [2.75, 3.05) is 19.4 Å². The van der Waals surface area contributed by atoms with E-state index in [9.17, 15) is 4.39 Å². The highest BCUT2D eigenvalue weighted by atomic mass is 19.1. The predicted molar refractivity (Wildman–Crippen MR) is 79.3 cm³/mol. The number of hydrogen-bond donors (Lipinski definition) is 2. The molecule has 3 N–H and O–H groups in total. The summed E-state index contributed by atoms with van der Waals surface area (Å²) in [6, 6.07) is 7.85. The molecular formula is C16H17FN2O2. The third kappa shape index (κ3) is 2.64. The minimum absolute atomic E-state index is 0.364. The smallest absolute Gasteiger partial charge is 0.172 e. The summed E-state index contributed by atoms with van der Waals surface area (Å²) in [5.41, 5.74) is 8.87. The lowest BCUT2D eigenvalue weighted by Gasteiger charge is -2.22. The number of halogens is 1. The Kier molecular flexibility index (Phi) is 3.66. The molecule has 2 aromatic rings. The standard InChI is InChI=1S/C16H17FN2O2/c1-20-15-4-2-10(17)8-16(15)21-14-5-3-13(18)12-9-19-7-6-11(12)14/h2-5,8,19H,6-7,9,18H2,1H3. The molecule has 1 aliphatic heterocycles. The minimum Gasteiger partial charge on any atom is -0.493 e. The molecule has 0 unspecified atom stereocenters. The normalized spacial score (nSPS) is 13.6. The molecule has 0 saturated carbocycles. The van der Waals surface area contributed by atoms with Gasteiger partial charge >= 0.3 is 0 Å². The van der Waals surface area contributed by atoms with E-state index in [1.54, 1.807) is 6.07 Å². The summed E-state index contributed by atoms with van der Waals surface area (Å²) in [7, 11) is 1.53. The lowest BCUT2D eigenvalue weighted by Crippen LogP contribution is -2.25. The van der Waals surface area contributed by atoms with Gasteiger partial charge in [0.25, 0.3) is 0 Å². The summed E-state index contributed by atoms with van der Waals surface area (Å²) >= 11 is 0. The second kappa shape index (κ2) is 5.61. The average molecular weight is 288 g/mol. The van der Waals surface area contributed by atoms with E-state index in [4.69, 9.17) is 15.2 Å². The van der Waals surface area contributed by atoms with Crippen molar-refractivity contribution in [3.8, 4) is 17.2 Å². The van der Waals surface area contributed by atoms with Gasteiger partial charge in [-0.1, -0.05) is 0 Å². The van der Waals surface area contributed by atoms with Gasteiger partial charge < -0.3 is 20.5 Å². The summed E-state index contributed by atoms with van der Waals surface area (Å²) in [5, 5.41) is 3.28. The number of nitrogens with two attached hydrogens (primary N) is 1. The van der Waals surface area contributed by atoms with Crippen LogP contribution < -0.4 is 20.5 Å². The van der Waals surface area contributed by atoms with Crippen LogP contribution in [0.15, 0.2) is 30.3 Å². The fraction of sp³-hybridized carbons (Fsp3) is 0.250. The van der Waals surface area contributed by atoms with Crippen LogP contribution in [-0.2, 0) is 13.0 Å². The first-order valence-electron chi connectivity index (χ1n) is 6.81. The zero-order valence-corrected chi connectivity index (χ0v) is 11.8. The van der Waals surface area contributed by atoms with Gasteiger partial charge in [0.2, 0.25) is 0 Å². The van der Waals surface area contributed by atoms with Crippen molar-refractivity contribution in [3.05, 3.63) is 47.3 Å². The van der Waals surface area contributed by atoms with Gasteiger partial charge in [-0.15, -0.1) is 0 Å². The van der Waals surface area contributed by atoms with Crippen molar-refractivity contribution in [2.45, 2.75) is 13.0 Å². The molecule has 0 spiro atoms. The largest absolute Gasteiger partial charge is 0.493 e. The van der Waals surface area contributed by atoms with Crippen LogP contribution in [0.1, 0.15) is 11.1 Å². The zero-order chi connectivity index (χ0) is 14.8. The molecule has 0 amide bonds. The first-order chi connectivity index (χ1) is 10.2. The zero-order valence-electron chi connectivity index (χ0n) is 11.8. The van der Waals surface area contributed by atoms with Gasteiger partial charge in [0.1, 0.15) is 11.6 Å². The number of benzene rings is 2. The van der Waals surface area contributed by atoms with E-state index in [1.807, 2.05) is 12.1 Å². The molecule has 0 fully saturated rings. The molecular weight excluding hydrogens is 271 g/mol. The first-order valence-corrected chi connectivity index (χ1v) is 6.81. The Bertz CT molecular complexity index is 674. The second-order valence-electron chi connectivity index (χ2n) is 4.93. The summed E-state index contributed by atoms with van der Waals surface area (Å²) in [6.45, 7) is 1.59. The van der Waals surface area contributed by atoms with Crippen LogP contribution in [0, 0.1) is 5.82 Å². The third-order valence-electron chi connectivity index (χ3n) is 3.62. The molecule has 0 aromatic heterocycles. The maximum atomic E-state index is 13.4. The van der Waals surface area contributed by atoms with E-state index in [0.717, 1.165) is 36.3 Å². The average Bonchev–Trinajstić information content (AvgIpc) is 2.51. The number of rotatable bonds is 3. The third-order valence-corrected chi connectivity index (χ3v) is 3.62. The SMILES string of the molecule is COc1ccc(F)cc1Oc1ccc(N)c2c1CCNC2. The Morgan fingerprint density at radius 3 is 2.71 bits per heavy atom. The van der Waals surface area contributed by atoms with Crippen LogP contribution in [0.25, 0.3) is 0 Å². The summed E-state index contributed by atoms with van der Waals surface area (Å²) in [5.74, 6) is 1.19. The van der Waals surface area contributed by atoms with Crippen LogP contribution in [0.5, 0.6) is 17.2 Å². The Labute approximate surface area is 122 Å². The van der Waals surface area contributed by atoms with E-state index >= 15 is 0 Å². The summed E-state index contributed by atoms with van der Waals surface area (Å²) in [4.78, 5) is 0. The lowest BCUT2D eigenvalue weighted by molar-refractivity contribution is 0.374. The Hall–Kier alpha value is -2.27. The van der Waals surface area contributed by atoms with Gasteiger partial charge in [-0.2, -0.15) is 0 Å². The van der Waals surface area contributed by atoms with Gasteiger partial charge in [-0.3, -0.25) is 0 Å². The number of ether oxygens (including phenoxy) is 2. The number of nitrogens with one attached hydrogen (secondary N) is 1. The van der Waals surface area contributed by atoms with Crippen molar-refractivity contribution >= 4 is 5.69 Å². The maximum absolute atomic E-state index is 13.4. The van der Waals surface area contributed by atoms with Gasteiger partial charge in [0.15, 0.2) is 11.5 Å². The molecule has 1 aliphatic rings. The van der Waals surface area contributed by atoms with E-state index < -0.39 is 0 Å². The van der Waals surface area contributed by atoms with Crippen molar-refractivity contribution < 1.29 is 13.9 Å². The summed E-state index contributed by atoms with van der Waals surface area (Å²) < 4.78 is 24.5. The fourth-order valence-corrected chi connectivity index (χ4v) is 2.54. The monoisotopic (exact) mass is 288 g/mol. The quantitative estimate of drug-likeness (QED) is 0.853. The highest BCUT2D eigenvalue weighted by Crippen LogP contribution is 2.37. The van der Waals surface area contributed by atoms with Gasteiger partial charge in [-0.05, 0) is 42.8 Å². The Balaban J connectivity index is 2.01. The Morgan fingerprint density at radius 1 is 1.10 bits per heavy atom. The molecule has 4 nitrogen and oxygen atoms in total. The van der Waals surface area contributed by atoms with Crippen LogP contribution in [0.4, 0.5) is 10.1 Å². The topological polar surface area (TPSA) is 56.5 Å². The maximum Gasteiger partial charge on any atom is 0.172 e. The number of anilines is 1. The molecule has 0 atom stereocenters. The highest BCUT2D eigenvalue weighted by molar-refractivity contribution is 5.58. The summed E-state index contributed by atoms with van der Waals surface area (Å²) in [6.07, 6.45) is 0.827. The van der Waals surface area contributed by atoms with E-state index in [-0.39, 0.29) is 5.82 Å². The van der Waals surface area contributed by atoms with E-state index in [0.29, 0.717) is 17.2 Å². The minimum atomic E-state index is -0.364. The molecule has 110 valence electrons. The number of fused-ring (bicyclic) bond motifs is 1. The van der Waals surface area contributed by atoms with Gasteiger partial charge in [0, 0.05) is 23.9 Å². The van der Waals surface area contributed by atoms with Gasteiger partial charge in [0.05, 0.1) is 7.11 Å². The van der Waals surface area contributed by atoms with Crippen molar-refractivity contribution in [1.82, 2.24) is 5.32 Å². The molecule has 3 rings (SSSR count). The van der Waals surface area contributed by atoms with Crippen LogP contribution in [-0.4, -0.2) is 13.7 Å². The molecule has 5 heteroatoms. The predicted octanol–water partition coefficient (Wildman–Crippen LogP) is 2.85. The molecule has 0 bridgehead atoms. The van der Waals surface area contributed by atoms with Crippen molar-refractivity contribution in [3.63, 3.8) is 0 Å². The van der Waals surface area contributed by atoms with Crippen molar-refractivity contribution in [2.24, 2.45) is 0 Å². The molecule has 2 aromatic carbocycles. The molecule has 0 saturated heterocycles. The molecule has 0 aliphatic carbocycles. The van der Waals surface area contributed by atoms with Crippen LogP contribution >= 0.6 is 0 Å². The fourth-order valence-electron chi connectivity index (χ4n) is 2.54. The van der Waals surface area contributed by atoms with Crippen LogP contribution in [0.2, 0.25) is 0 Å². The number of hydrogen-bond acceptors (Lipinski definition) is 4. The van der Waals surface area contributed by atoms with Gasteiger partial charge in [-0.25, -0.2) is 4.39 Å². The number of nitrogen functional groups attached to an aromatic ring is 1. The Morgan fingerprint density at radius 2 is 1.90 bits per heavy atom. The molecule has 0 radical (unpaired) electrons. The molecule has 21 heavy (non-hydrogen) atoms. The molecule has 1 heterocycles. The second-order valence-corrected chi connectivity index (χ2v) is 4.93. The highest BCUT2D eigenvalue weighted by Gasteiger charge is 2.18. The number of methoxy groups -OCH3 is 1. The van der Waals surface area contributed by atoms with E-state index in [1.165, 1.54) is 19.2 Å². The lowest BCUT2D eigenvalue weighted by atomic mass is 9.98. The van der Waals surface area contributed by atoms with Crippen LogP contribution in [0.3, 0.4) is 0 Å². The van der Waals surface area contributed by atoms with Crippen molar-refractivity contribution in [1.29, 1.82) is 0 Å². The first kappa shape index (κ1) is 13.7. The van der Waals surface area contributed by atoms with E-state index in [2.05, 4.69) is 5.32 Å².